The molecule has 1 saturated heterocycles. The lowest BCUT2D eigenvalue weighted by Gasteiger charge is -2.36. The van der Waals surface area contributed by atoms with E-state index in [0.717, 1.165) is 16.9 Å². The molecule has 2 aromatic carbocycles. The van der Waals surface area contributed by atoms with Crippen LogP contribution in [0.4, 0.5) is 5.69 Å². The third-order valence-electron chi connectivity index (χ3n) is 4.43. The molecule has 5 nitrogen and oxygen atoms in total. The van der Waals surface area contributed by atoms with Crippen molar-refractivity contribution < 1.29 is 9.53 Å². The zero-order valence-electron chi connectivity index (χ0n) is 14.7. The third-order valence-corrected chi connectivity index (χ3v) is 4.65. The molecule has 6 heteroatoms. The van der Waals surface area contributed by atoms with Crippen LogP contribution in [0, 0.1) is 12.8 Å². The molecule has 2 atom stereocenters. The van der Waals surface area contributed by atoms with Gasteiger partial charge in [-0.25, -0.2) is 0 Å². The Hall–Kier alpha value is -2.86. The average Bonchev–Trinajstić information content (AvgIpc) is 2.62. The van der Waals surface area contributed by atoms with Gasteiger partial charge in [0.15, 0.2) is 5.11 Å². The molecular formula is C20H21N3O2S. The number of carbonyl (C=O) groups excluding carboxylic acids is 1. The molecule has 0 saturated carbocycles. The van der Waals surface area contributed by atoms with E-state index in [0.29, 0.717) is 16.5 Å². The number of methoxy groups -OCH3 is 1. The minimum atomic E-state index is -0.509. The second-order valence-corrected chi connectivity index (χ2v) is 6.56. The Kier molecular flexibility index (Phi) is 5.23. The Balaban J connectivity index is 1.88. The Bertz CT molecular complexity index is 848. The number of thiocarbonyl (C=S) groups is 1. The van der Waals surface area contributed by atoms with Gasteiger partial charge < -0.3 is 20.7 Å². The minimum absolute atomic E-state index is 0.157. The van der Waals surface area contributed by atoms with E-state index in [1.165, 1.54) is 0 Å². The van der Waals surface area contributed by atoms with E-state index in [-0.39, 0.29) is 11.9 Å². The summed E-state index contributed by atoms with van der Waals surface area (Å²) in [7, 11) is 1.60. The maximum atomic E-state index is 13.0. The first-order chi connectivity index (χ1) is 12.5. The maximum Gasteiger partial charge on any atom is 0.235 e. The van der Waals surface area contributed by atoms with Crippen LogP contribution in [-0.4, -0.2) is 18.1 Å². The van der Waals surface area contributed by atoms with Gasteiger partial charge in [0, 0.05) is 11.4 Å². The molecule has 1 aliphatic heterocycles. The standard InChI is InChI=1S/C20H21N3O2S/c1-12-6-4-5-7-16(12)18-17(13(2)21-20(26)23-18)19(24)22-14-8-10-15(25-3)11-9-14/h4-11,17-18H,2H2,1,3H3,(H,22,24)(H2,21,23,26)/t17-,18+/m0/s1. The summed E-state index contributed by atoms with van der Waals surface area (Å²) in [5, 5.41) is 9.61. The van der Waals surface area contributed by atoms with Crippen molar-refractivity contribution >= 4 is 28.9 Å². The van der Waals surface area contributed by atoms with Crippen LogP contribution in [0.15, 0.2) is 60.8 Å². The molecule has 2 aromatic rings. The molecule has 1 heterocycles. The lowest BCUT2D eigenvalue weighted by Crippen LogP contribution is -2.51. The number of hydrogen-bond donors (Lipinski definition) is 3. The second-order valence-electron chi connectivity index (χ2n) is 6.15. The van der Waals surface area contributed by atoms with Gasteiger partial charge in [-0.3, -0.25) is 4.79 Å². The number of ether oxygens (including phenoxy) is 1. The summed E-state index contributed by atoms with van der Waals surface area (Å²) in [5.41, 5.74) is 3.38. The molecule has 0 spiro atoms. The molecule has 134 valence electrons. The highest BCUT2D eigenvalue weighted by Crippen LogP contribution is 2.32. The fraction of sp³-hybridized carbons (Fsp3) is 0.200. The van der Waals surface area contributed by atoms with Crippen molar-refractivity contribution in [3.05, 3.63) is 71.9 Å². The lowest BCUT2D eigenvalue weighted by molar-refractivity contribution is -0.119. The van der Waals surface area contributed by atoms with E-state index in [4.69, 9.17) is 17.0 Å². The zero-order chi connectivity index (χ0) is 18.7. The number of nitrogens with one attached hydrogen (secondary N) is 3. The highest BCUT2D eigenvalue weighted by molar-refractivity contribution is 7.80. The molecule has 0 bridgehead atoms. The fourth-order valence-electron chi connectivity index (χ4n) is 3.08. The summed E-state index contributed by atoms with van der Waals surface area (Å²) in [5.74, 6) is 0.0670. The van der Waals surface area contributed by atoms with Gasteiger partial charge in [-0.15, -0.1) is 0 Å². The first kappa shape index (κ1) is 17.9. The van der Waals surface area contributed by atoms with Gasteiger partial charge in [0.25, 0.3) is 0 Å². The summed E-state index contributed by atoms with van der Waals surface area (Å²) in [6, 6.07) is 14.9. The normalized spacial score (nSPS) is 19.3. The zero-order valence-corrected chi connectivity index (χ0v) is 15.5. The van der Waals surface area contributed by atoms with Crippen molar-refractivity contribution in [3.63, 3.8) is 0 Å². The molecule has 0 unspecified atom stereocenters. The molecule has 1 fully saturated rings. The quantitative estimate of drug-likeness (QED) is 0.724. The topological polar surface area (TPSA) is 62.4 Å². The average molecular weight is 367 g/mol. The van der Waals surface area contributed by atoms with Crippen LogP contribution in [0.5, 0.6) is 5.75 Å². The molecule has 0 aromatic heterocycles. The molecule has 26 heavy (non-hydrogen) atoms. The van der Waals surface area contributed by atoms with Crippen LogP contribution in [-0.2, 0) is 4.79 Å². The number of carbonyl (C=O) groups is 1. The van der Waals surface area contributed by atoms with Gasteiger partial charge in [0.2, 0.25) is 5.91 Å². The Morgan fingerprint density at radius 3 is 2.54 bits per heavy atom. The van der Waals surface area contributed by atoms with Crippen LogP contribution in [0.1, 0.15) is 17.2 Å². The highest BCUT2D eigenvalue weighted by atomic mass is 32.1. The monoisotopic (exact) mass is 367 g/mol. The molecule has 1 aliphatic rings. The van der Waals surface area contributed by atoms with Gasteiger partial charge >= 0.3 is 0 Å². The van der Waals surface area contributed by atoms with Crippen molar-refractivity contribution in [2.45, 2.75) is 13.0 Å². The number of anilines is 1. The van der Waals surface area contributed by atoms with Gasteiger partial charge in [-0.1, -0.05) is 30.8 Å². The maximum absolute atomic E-state index is 13.0. The van der Waals surface area contributed by atoms with E-state index in [9.17, 15) is 4.79 Å². The predicted octanol–water partition coefficient (Wildman–Crippen LogP) is 3.29. The van der Waals surface area contributed by atoms with E-state index >= 15 is 0 Å². The largest absolute Gasteiger partial charge is 0.497 e. The number of amides is 1. The Morgan fingerprint density at radius 2 is 1.88 bits per heavy atom. The molecule has 0 radical (unpaired) electrons. The third kappa shape index (κ3) is 3.70. The number of rotatable bonds is 4. The Morgan fingerprint density at radius 1 is 1.19 bits per heavy atom. The van der Waals surface area contributed by atoms with Crippen LogP contribution in [0.2, 0.25) is 0 Å². The van der Waals surface area contributed by atoms with Gasteiger partial charge in [-0.2, -0.15) is 0 Å². The summed E-state index contributed by atoms with van der Waals surface area (Å²) >= 11 is 5.27. The van der Waals surface area contributed by atoms with Crippen molar-refractivity contribution in [2.75, 3.05) is 12.4 Å². The van der Waals surface area contributed by atoms with Crippen LogP contribution in [0.3, 0.4) is 0 Å². The summed E-state index contributed by atoms with van der Waals surface area (Å²) in [4.78, 5) is 13.0. The number of aryl methyl sites for hydroxylation is 1. The van der Waals surface area contributed by atoms with Gasteiger partial charge in [0.05, 0.1) is 13.2 Å². The fourth-order valence-corrected chi connectivity index (χ4v) is 3.34. The summed E-state index contributed by atoms with van der Waals surface area (Å²) in [6.07, 6.45) is 0. The van der Waals surface area contributed by atoms with Crippen LogP contribution in [0.25, 0.3) is 0 Å². The lowest BCUT2D eigenvalue weighted by atomic mass is 9.86. The molecular weight excluding hydrogens is 346 g/mol. The first-order valence-electron chi connectivity index (χ1n) is 8.26. The highest BCUT2D eigenvalue weighted by Gasteiger charge is 2.37. The van der Waals surface area contributed by atoms with Crippen molar-refractivity contribution in [1.29, 1.82) is 0 Å². The van der Waals surface area contributed by atoms with E-state index in [2.05, 4.69) is 22.5 Å². The number of benzene rings is 2. The molecule has 0 aliphatic carbocycles. The predicted molar refractivity (Wildman–Crippen MR) is 107 cm³/mol. The van der Waals surface area contributed by atoms with Gasteiger partial charge in [-0.05, 0) is 54.5 Å². The van der Waals surface area contributed by atoms with Crippen LogP contribution < -0.4 is 20.7 Å². The van der Waals surface area contributed by atoms with E-state index in [1.54, 1.807) is 31.4 Å². The second kappa shape index (κ2) is 7.58. The molecule has 3 rings (SSSR count). The van der Waals surface area contributed by atoms with E-state index < -0.39 is 5.92 Å². The molecule has 3 N–H and O–H groups in total. The van der Waals surface area contributed by atoms with E-state index in [1.807, 2.05) is 31.2 Å². The number of hydrogen-bond acceptors (Lipinski definition) is 3. The SMILES string of the molecule is C=C1NC(=S)N[C@H](c2ccccc2C)[C@H]1C(=O)Nc1ccc(OC)cc1. The first-order valence-corrected chi connectivity index (χ1v) is 8.67. The van der Waals surface area contributed by atoms with Crippen molar-refractivity contribution in [1.82, 2.24) is 10.6 Å². The van der Waals surface area contributed by atoms with Crippen molar-refractivity contribution in [2.24, 2.45) is 5.92 Å². The van der Waals surface area contributed by atoms with Crippen LogP contribution >= 0.6 is 12.2 Å². The Labute approximate surface area is 158 Å². The summed E-state index contributed by atoms with van der Waals surface area (Å²) in [6.45, 7) is 6.04. The minimum Gasteiger partial charge on any atom is -0.497 e. The van der Waals surface area contributed by atoms with Crippen molar-refractivity contribution in [3.8, 4) is 5.75 Å². The smallest absolute Gasteiger partial charge is 0.235 e. The molecule has 1 amide bonds. The van der Waals surface area contributed by atoms with Gasteiger partial charge in [0.1, 0.15) is 11.7 Å². The summed E-state index contributed by atoms with van der Waals surface area (Å²) < 4.78 is 5.15.